The van der Waals surface area contributed by atoms with Gasteiger partial charge in [0.15, 0.2) is 11.6 Å². The molecule has 140 valence electrons. The number of hydrogen-bond donors (Lipinski definition) is 0. The van der Waals surface area contributed by atoms with Crippen LogP contribution < -0.4 is 0 Å². The fourth-order valence-corrected chi connectivity index (χ4v) is 3.87. The van der Waals surface area contributed by atoms with Gasteiger partial charge in [-0.25, -0.2) is 8.78 Å². The maximum Gasteiger partial charge on any atom is 0.159 e. The molecular weight excluding hydrogens is 328 g/mol. The number of nitriles is 1. The number of nitrogens with zero attached hydrogens (tertiary/aromatic N) is 1. The van der Waals surface area contributed by atoms with Gasteiger partial charge in [0.2, 0.25) is 0 Å². The lowest BCUT2D eigenvalue weighted by Crippen LogP contribution is -2.14. The van der Waals surface area contributed by atoms with Gasteiger partial charge in [0.05, 0.1) is 6.07 Å². The Hall–Kier alpha value is -1.95. The summed E-state index contributed by atoms with van der Waals surface area (Å²) in [5.41, 5.74) is 0.894. The van der Waals surface area contributed by atoms with E-state index < -0.39 is 11.6 Å². The predicted molar refractivity (Wildman–Crippen MR) is 102 cm³/mol. The first-order valence-corrected chi connectivity index (χ1v) is 9.84. The van der Waals surface area contributed by atoms with E-state index in [1.165, 1.54) is 63.2 Å². The predicted octanol–water partition coefficient (Wildman–Crippen LogP) is 6.90. The molecule has 1 saturated carbocycles. The lowest BCUT2D eigenvalue weighted by atomic mass is 9.78. The third-order valence-electron chi connectivity index (χ3n) is 5.44. The van der Waals surface area contributed by atoms with E-state index in [9.17, 15) is 8.78 Å². The highest BCUT2D eigenvalue weighted by molar-refractivity contribution is 5.17. The number of halogens is 2. The minimum Gasteiger partial charge on any atom is -0.204 e. The normalized spacial score (nSPS) is 20.7. The molecule has 0 bridgehead atoms. The molecule has 0 aliphatic heterocycles. The zero-order chi connectivity index (χ0) is 18.6. The van der Waals surface area contributed by atoms with Crippen LogP contribution in [0.1, 0.15) is 63.4 Å². The van der Waals surface area contributed by atoms with E-state index >= 15 is 0 Å². The van der Waals surface area contributed by atoms with Gasteiger partial charge in [-0.15, -0.1) is 0 Å². The maximum atomic E-state index is 13.2. The molecule has 0 N–H and O–H groups in total. The summed E-state index contributed by atoms with van der Waals surface area (Å²) in [4.78, 5) is 0. The van der Waals surface area contributed by atoms with Crippen molar-refractivity contribution in [3.05, 3.63) is 59.7 Å². The zero-order valence-electron chi connectivity index (χ0n) is 15.5. The van der Waals surface area contributed by atoms with E-state index in [0.29, 0.717) is 0 Å². The van der Waals surface area contributed by atoms with Crippen LogP contribution in [0.25, 0.3) is 0 Å². The van der Waals surface area contributed by atoms with Crippen molar-refractivity contribution in [2.24, 2.45) is 11.8 Å². The van der Waals surface area contributed by atoms with E-state index in [4.69, 9.17) is 5.26 Å². The molecule has 0 amide bonds. The summed E-state index contributed by atoms with van der Waals surface area (Å²) >= 11 is 0. The Labute approximate surface area is 156 Å². The molecule has 26 heavy (non-hydrogen) atoms. The van der Waals surface area contributed by atoms with Gasteiger partial charge in [0.25, 0.3) is 0 Å². The van der Waals surface area contributed by atoms with Gasteiger partial charge >= 0.3 is 0 Å². The standard InChI is InChI=1S/C23H29F2N/c24-22-16-15-21(18-23(22)25)10-6-5-9-20-13-11-19(12-14-20)8-4-2-1-3-7-17-26/h1-3,7,15-16,18-20H,4-6,8-14H2/b2-1+,7-3+. The van der Waals surface area contributed by atoms with Crippen molar-refractivity contribution in [2.75, 3.05) is 0 Å². The Kier molecular flexibility index (Phi) is 9.10. The third kappa shape index (κ3) is 7.52. The molecule has 0 atom stereocenters. The van der Waals surface area contributed by atoms with Gasteiger partial charge < -0.3 is 0 Å². The second kappa shape index (κ2) is 11.6. The van der Waals surface area contributed by atoms with Gasteiger partial charge in [-0.2, -0.15) is 5.26 Å². The van der Waals surface area contributed by atoms with Crippen LogP contribution in [-0.2, 0) is 6.42 Å². The summed E-state index contributed by atoms with van der Waals surface area (Å²) in [5.74, 6) is 0.180. The SMILES string of the molecule is N#C/C=C/C=C/CCC1CCC(CCCCc2ccc(F)c(F)c2)CC1. The Morgan fingerprint density at radius 1 is 0.962 bits per heavy atom. The van der Waals surface area contributed by atoms with Gasteiger partial charge in [0.1, 0.15) is 0 Å². The lowest BCUT2D eigenvalue weighted by molar-refractivity contribution is 0.250. The monoisotopic (exact) mass is 357 g/mol. The van der Waals surface area contributed by atoms with Crippen LogP contribution in [0.5, 0.6) is 0 Å². The molecule has 0 spiro atoms. The average molecular weight is 357 g/mol. The van der Waals surface area contributed by atoms with Crippen molar-refractivity contribution in [1.82, 2.24) is 0 Å². The third-order valence-corrected chi connectivity index (χ3v) is 5.44. The highest BCUT2D eigenvalue weighted by Gasteiger charge is 2.20. The Morgan fingerprint density at radius 2 is 1.69 bits per heavy atom. The quantitative estimate of drug-likeness (QED) is 0.268. The molecule has 0 radical (unpaired) electrons. The summed E-state index contributed by atoms with van der Waals surface area (Å²) in [7, 11) is 0. The number of allylic oxidation sites excluding steroid dienone is 4. The molecule has 1 aromatic rings. The van der Waals surface area contributed by atoms with E-state index in [1.54, 1.807) is 12.1 Å². The minimum atomic E-state index is -0.764. The highest BCUT2D eigenvalue weighted by Crippen LogP contribution is 2.34. The number of benzene rings is 1. The van der Waals surface area contributed by atoms with Gasteiger partial charge in [-0.05, 0) is 55.2 Å². The first kappa shape index (κ1) is 20.4. The molecule has 1 aliphatic carbocycles. The molecule has 2 rings (SSSR count). The van der Waals surface area contributed by atoms with Gasteiger partial charge in [0, 0.05) is 6.08 Å². The van der Waals surface area contributed by atoms with Crippen molar-refractivity contribution in [3.63, 3.8) is 0 Å². The van der Waals surface area contributed by atoms with E-state index in [0.717, 1.165) is 36.7 Å². The largest absolute Gasteiger partial charge is 0.204 e. The van der Waals surface area contributed by atoms with Crippen molar-refractivity contribution < 1.29 is 8.78 Å². The first-order valence-electron chi connectivity index (χ1n) is 9.84. The minimum absolute atomic E-state index is 0.739. The first-order chi connectivity index (χ1) is 12.7. The van der Waals surface area contributed by atoms with Crippen molar-refractivity contribution in [3.8, 4) is 6.07 Å². The number of hydrogen-bond acceptors (Lipinski definition) is 1. The molecule has 1 aliphatic rings. The summed E-state index contributed by atoms with van der Waals surface area (Å²) in [5, 5.41) is 8.41. The summed E-state index contributed by atoms with van der Waals surface area (Å²) < 4.78 is 26.1. The number of rotatable bonds is 9. The fourth-order valence-electron chi connectivity index (χ4n) is 3.87. The topological polar surface area (TPSA) is 23.8 Å². The van der Waals surface area contributed by atoms with Crippen molar-refractivity contribution in [1.29, 1.82) is 5.26 Å². The van der Waals surface area contributed by atoms with Gasteiger partial charge in [-0.1, -0.05) is 62.8 Å². The second-order valence-corrected chi connectivity index (χ2v) is 7.37. The lowest BCUT2D eigenvalue weighted by Gasteiger charge is -2.28. The molecule has 0 heterocycles. The van der Waals surface area contributed by atoms with Crippen LogP contribution in [-0.4, -0.2) is 0 Å². The number of unbranched alkanes of at least 4 members (excludes halogenated alkanes) is 1. The smallest absolute Gasteiger partial charge is 0.159 e. The second-order valence-electron chi connectivity index (χ2n) is 7.37. The molecule has 0 saturated heterocycles. The van der Waals surface area contributed by atoms with Crippen molar-refractivity contribution >= 4 is 0 Å². The van der Waals surface area contributed by atoms with Crippen LogP contribution in [0, 0.1) is 34.8 Å². The molecule has 0 aromatic heterocycles. The van der Waals surface area contributed by atoms with Crippen LogP contribution in [0.15, 0.2) is 42.5 Å². The molecule has 1 aromatic carbocycles. The van der Waals surface area contributed by atoms with Crippen LogP contribution in [0.3, 0.4) is 0 Å². The Bertz CT molecular complexity index is 634. The van der Waals surface area contributed by atoms with Gasteiger partial charge in [-0.3, -0.25) is 0 Å². The van der Waals surface area contributed by atoms with Crippen molar-refractivity contribution in [2.45, 2.75) is 64.2 Å². The molecule has 1 nitrogen and oxygen atoms in total. The molecule has 3 heteroatoms. The maximum absolute atomic E-state index is 13.2. The number of aryl methyl sites for hydroxylation is 1. The average Bonchev–Trinajstić information content (AvgIpc) is 2.65. The van der Waals surface area contributed by atoms with E-state index in [1.807, 2.05) is 12.1 Å². The zero-order valence-corrected chi connectivity index (χ0v) is 15.5. The fraction of sp³-hybridized carbons (Fsp3) is 0.522. The summed E-state index contributed by atoms with van der Waals surface area (Å²) in [6.07, 6.45) is 19.4. The van der Waals surface area contributed by atoms with Crippen LogP contribution >= 0.6 is 0 Å². The highest BCUT2D eigenvalue weighted by atomic mass is 19.2. The Balaban J connectivity index is 1.54. The molecular formula is C23H29F2N. The van der Waals surface area contributed by atoms with E-state index in [-0.39, 0.29) is 0 Å². The summed E-state index contributed by atoms with van der Waals surface area (Å²) in [6.45, 7) is 0. The van der Waals surface area contributed by atoms with Crippen LogP contribution in [0.2, 0.25) is 0 Å². The summed E-state index contributed by atoms with van der Waals surface area (Å²) in [6, 6.07) is 6.22. The molecule has 0 unspecified atom stereocenters. The Morgan fingerprint density at radius 3 is 2.38 bits per heavy atom. The van der Waals surface area contributed by atoms with E-state index in [2.05, 4.69) is 6.08 Å². The van der Waals surface area contributed by atoms with Crippen LogP contribution in [0.4, 0.5) is 8.78 Å². The molecule has 1 fully saturated rings.